The number of rotatable bonds is 6. The first-order valence-corrected chi connectivity index (χ1v) is 8.18. The van der Waals surface area contributed by atoms with Gasteiger partial charge in [-0.05, 0) is 18.9 Å². The number of benzene rings is 1. The van der Waals surface area contributed by atoms with Crippen molar-refractivity contribution in [2.75, 3.05) is 11.1 Å². The van der Waals surface area contributed by atoms with Crippen LogP contribution in [0.25, 0.3) is 0 Å². The molecule has 3 rings (SSSR count). The fourth-order valence-corrected chi connectivity index (χ4v) is 2.67. The lowest BCUT2D eigenvalue weighted by atomic mass is 10.3. The van der Waals surface area contributed by atoms with Crippen LogP contribution in [0.2, 0.25) is 5.02 Å². The highest BCUT2D eigenvalue weighted by Gasteiger charge is 2.27. The molecule has 23 heavy (non-hydrogen) atoms. The van der Waals surface area contributed by atoms with Crippen molar-refractivity contribution < 1.29 is 9.72 Å². The van der Waals surface area contributed by atoms with Gasteiger partial charge in [-0.1, -0.05) is 23.4 Å². The number of H-pyrrole nitrogens is 1. The Hall–Kier alpha value is -2.13. The molecular weight excluding hydrogens is 342 g/mol. The van der Waals surface area contributed by atoms with E-state index in [2.05, 4.69) is 20.5 Å². The van der Waals surface area contributed by atoms with Crippen molar-refractivity contribution in [3.05, 3.63) is 39.2 Å². The molecule has 1 saturated carbocycles. The van der Waals surface area contributed by atoms with E-state index in [1.54, 1.807) is 0 Å². The topological polar surface area (TPSA) is 114 Å². The van der Waals surface area contributed by atoms with Crippen LogP contribution < -0.4 is 5.32 Å². The van der Waals surface area contributed by atoms with Gasteiger partial charge in [-0.15, -0.1) is 5.10 Å². The third kappa shape index (κ3) is 3.99. The van der Waals surface area contributed by atoms with Crippen LogP contribution in [0.15, 0.2) is 23.4 Å². The van der Waals surface area contributed by atoms with Gasteiger partial charge < -0.3 is 5.32 Å². The highest BCUT2D eigenvalue weighted by Crippen LogP contribution is 2.38. The monoisotopic (exact) mass is 353 g/mol. The standard InChI is InChI=1S/C13H12ClN5O3S/c14-9-4-3-8(19(21)22)5-10(9)15-11(20)6-23-13-16-12(17-18-13)7-1-2-7/h3-5,7H,1-2,6H2,(H,15,20)(H,16,17,18). The zero-order valence-electron chi connectivity index (χ0n) is 11.8. The van der Waals surface area contributed by atoms with Crippen molar-refractivity contribution in [3.8, 4) is 0 Å². The van der Waals surface area contributed by atoms with Gasteiger partial charge in [0, 0.05) is 18.1 Å². The second-order valence-corrected chi connectivity index (χ2v) is 6.39. The molecule has 2 aromatic rings. The first-order valence-electron chi connectivity index (χ1n) is 6.82. The minimum absolute atomic E-state index is 0.0843. The van der Waals surface area contributed by atoms with Crippen LogP contribution in [-0.4, -0.2) is 31.8 Å². The maximum atomic E-state index is 11.9. The van der Waals surface area contributed by atoms with Crippen LogP contribution in [0.1, 0.15) is 24.6 Å². The molecule has 10 heteroatoms. The lowest BCUT2D eigenvalue weighted by Gasteiger charge is -2.06. The number of carbonyl (C=O) groups excluding carboxylic acids is 1. The van der Waals surface area contributed by atoms with Crippen LogP contribution >= 0.6 is 23.4 Å². The molecule has 1 fully saturated rings. The summed E-state index contributed by atoms with van der Waals surface area (Å²) in [7, 11) is 0. The SMILES string of the molecule is O=C(CSc1n[nH]c(C2CC2)n1)Nc1cc([N+](=O)[O-])ccc1Cl. The van der Waals surface area contributed by atoms with Gasteiger partial charge in [-0.2, -0.15) is 0 Å². The molecule has 2 N–H and O–H groups in total. The summed E-state index contributed by atoms with van der Waals surface area (Å²) < 4.78 is 0. The Morgan fingerprint density at radius 2 is 2.30 bits per heavy atom. The number of halogens is 1. The van der Waals surface area contributed by atoms with Crippen molar-refractivity contribution in [1.29, 1.82) is 0 Å². The molecular formula is C13H12ClN5O3S. The van der Waals surface area contributed by atoms with E-state index in [0.717, 1.165) is 18.7 Å². The normalized spacial score (nSPS) is 13.8. The summed E-state index contributed by atoms with van der Waals surface area (Å²) in [4.78, 5) is 26.5. The molecule has 0 spiro atoms. The first-order chi connectivity index (χ1) is 11.0. The third-order valence-electron chi connectivity index (χ3n) is 3.21. The number of nitro benzene ring substituents is 1. The predicted molar refractivity (Wildman–Crippen MR) is 85.8 cm³/mol. The zero-order chi connectivity index (χ0) is 16.4. The number of non-ortho nitro benzene ring substituents is 1. The van der Waals surface area contributed by atoms with Crippen LogP contribution in [0, 0.1) is 10.1 Å². The van der Waals surface area contributed by atoms with E-state index in [1.165, 1.54) is 30.0 Å². The third-order valence-corrected chi connectivity index (χ3v) is 4.39. The molecule has 120 valence electrons. The van der Waals surface area contributed by atoms with Gasteiger partial charge in [0.1, 0.15) is 5.82 Å². The maximum Gasteiger partial charge on any atom is 0.271 e. The molecule has 1 aliphatic rings. The average Bonchev–Trinajstić information content (AvgIpc) is 3.26. The van der Waals surface area contributed by atoms with E-state index in [1.807, 2.05) is 0 Å². The summed E-state index contributed by atoms with van der Waals surface area (Å²) in [6.45, 7) is 0. The van der Waals surface area contributed by atoms with Crippen molar-refractivity contribution in [1.82, 2.24) is 15.2 Å². The molecule has 0 saturated heterocycles. The molecule has 0 radical (unpaired) electrons. The molecule has 8 nitrogen and oxygen atoms in total. The van der Waals surface area contributed by atoms with Crippen molar-refractivity contribution in [3.63, 3.8) is 0 Å². The number of hydrogen-bond donors (Lipinski definition) is 2. The van der Waals surface area contributed by atoms with Gasteiger partial charge in [0.2, 0.25) is 11.1 Å². The Morgan fingerprint density at radius 1 is 1.52 bits per heavy atom. The van der Waals surface area contributed by atoms with Gasteiger partial charge in [0.25, 0.3) is 5.69 Å². The van der Waals surface area contributed by atoms with E-state index in [9.17, 15) is 14.9 Å². The van der Waals surface area contributed by atoms with Crippen LogP contribution in [0.4, 0.5) is 11.4 Å². The highest BCUT2D eigenvalue weighted by atomic mass is 35.5. The number of anilines is 1. The van der Waals surface area contributed by atoms with Crippen LogP contribution in [-0.2, 0) is 4.79 Å². The molecule has 1 aromatic carbocycles. The molecule has 0 unspecified atom stereocenters. The maximum absolute atomic E-state index is 11.9. The molecule has 0 bridgehead atoms. The van der Waals surface area contributed by atoms with E-state index in [4.69, 9.17) is 11.6 Å². The summed E-state index contributed by atoms with van der Waals surface area (Å²) in [6, 6.07) is 3.88. The Morgan fingerprint density at radius 3 is 3.00 bits per heavy atom. The fourth-order valence-electron chi connectivity index (χ4n) is 1.90. The minimum Gasteiger partial charge on any atom is -0.324 e. The van der Waals surface area contributed by atoms with Gasteiger partial charge >= 0.3 is 0 Å². The van der Waals surface area contributed by atoms with Gasteiger partial charge in [-0.25, -0.2) is 4.98 Å². The Labute approximate surface area is 140 Å². The molecule has 1 aliphatic carbocycles. The quantitative estimate of drug-likeness (QED) is 0.468. The van der Waals surface area contributed by atoms with Gasteiger partial charge in [0.15, 0.2) is 0 Å². The number of hydrogen-bond acceptors (Lipinski definition) is 6. The number of thioether (sulfide) groups is 1. The summed E-state index contributed by atoms with van der Waals surface area (Å²) in [5.74, 6) is 1.07. The Bertz CT molecular complexity index is 762. The van der Waals surface area contributed by atoms with Crippen molar-refractivity contribution >= 4 is 40.6 Å². The number of amides is 1. The average molecular weight is 354 g/mol. The number of aromatic nitrogens is 3. The predicted octanol–water partition coefficient (Wildman–Crippen LogP) is 2.97. The number of aromatic amines is 1. The number of carbonyl (C=O) groups is 1. The largest absolute Gasteiger partial charge is 0.324 e. The summed E-state index contributed by atoms with van der Waals surface area (Å²) in [5, 5.41) is 21.0. The summed E-state index contributed by atoms with van der Waals surface area (Å²) in [5.41, 5.74) is 0.0699. The fraction of sp³-hybridized carbons (Fsp3) is 0.308. The Kier molecular flexibility index (Phi) is 4.49. The summed E-state index contributed by atoms with van der Waals surface area (Å²) >= 11 is 7.12. The van der Waals surface area contributed by atoms with Crippen LogP contribution in [0.3, 0.4) is 0 Å². The minimum atomic E-state index is -0.548. The zero-order valence-corrected chi connectivity index (χ0v) is 13.4. The number of nitrogens with zero attached hydrogens (tertiary/aromatic N) is 3. The van der Waals surface area contributed by atoms with E-state index >= 15 is 0 Å². The lowest BCUT2D eigenvalue weighted by Crippen LogP contribution is -2.14. The van der Waals surface area contributed by atoms with Crippen LogP contribution in [0.5, 0.6) is 0 Å². The second-order valence-electron chi connectivity index (χ2n) is 5.04. The first kappa shape index (κ1) is 15.8. The molecule has 0 atom stereocenters. The van der Waals surface area contributed by atoms with Crippen molar-refractivity contribution in [2.24, 2.45) is 0 Å². The second kappa shape index (κ2) is 6.55. The number of nitrogens with one attached hydrogen (secondary N) is 2. The molecule has 1 heterocycles. The Balaban J connectivity index is 1.58. The van der Waals surface area contributed by atoms with E-state index in [-0.39, 0.29) is 28.1 Å². The molecule has 0 aliphatic heterocycles. The highest BCUT2D eigenvalue weighted by molar-refractivity contribution is 7.99. The smallest absolute Gasteiger partial charge is 0.271 e. The van der Waals surface area contributed by atoms with E-state index in [0.29, 0.717) is 11.1 Å². The van der Waals surface area contributed by atoms with Gasteiger partial charge in [0.05, 0.1) is 21.4 Å². The van der Waals surface area contributed by atoms with Gasteiger partial charge in [-0.3, -0.25) is 20.0 Å². The molecule has 1 aromatic heterocycles. The molecule has 1 amide bonds. The van der Waals surface area contributed by atoms with Crippen molar-refractivity contribution in [2.45, 2.75) is 23.9 Å². The number of nitro groups is 1. The van der Waals surface area contributed by atoms with E-state index < -0.39 is 4.92 Å². The summed E-state index contributed by atoms with van der Waals surface area (Å²) in [6.07, 6.45) is 2.23. The lowest BCUT2D eigenvalue weighted by molar-refractivity contribution is -0.384.